The number of rotatable bonds is 5. The second-order valence-corrected chi connectivity index (χ2v) is 5.22. The number of hydrogen-bond acceptors (Lipinski definition) is 4. The molecule has 2 aliphatic heterocycles. The van der Waals surface area contributed by atoms with Gasteiger partial charge in [-0.05, 0) is 26.3 Å². The number of nitrogens with zero attached hydrogens (tertiary/aromatic N) is 1. The molecule has 2 unspecified atom stereocenters. The van der Waals surface area contributed by atoms with Crippen molar-refractivity contribution in [1.82, 2.24) is 4.90 Å². The summed E-state index contributed by atoms with van der Waals surface area (Å²) in [4.78, 5) is 13.4. The molecule has 2 saturated heterocycles. The second-order valence-electron chi connectivity index (χ2n) is 5.22. The Kier molecular flexibility index (Phi) is 4.01. The van der Waals surface area contributed by atoms with Gasteiger partial charge >= 0.3 is 5.97 Å². The van der Waals surface area contributed by atoms with E-state index in [0.717, 1.165) is 26.0 Å². The molecule has 0 amide bonds. The maximum absolute atomic E-state index is 11.4. The first kappa shape index (κ1) is 12.8. The van der Waals surface area contributed by atoms with Crippen molar-refractivity contribution in [3.63, 3.8) is 0 Å². The van der Waals surface area contributed by atoms with E-state index in [9.17, 15) is 9.90 Å². The molecule has 2 aliphatic rings. The molecule has 0 aliphatic carbocycles. The van der Waals surface area contributed by atoms with Crippen LogP contribution in [0, 0.1) is 5.41 Å². The average Bonchev–Trinajstić information content (AvgIpc) is 2.89. The van der Waals surface area contributed by atoms with Gasteiger partial charge in [0.2, 0.25) is 0 Å². The Bertz CT molecular complexity index is 270. The van der Waals surface area contributed by atoms with Crippen LogP contribution in [-0.2, 0) is 14.3 Å². The minimum atomic E-state index is -0.741. The minimum absolute atomic E-state index is 0.271. The quantitative estimate of drug-likeness (QED) is 0.765. The van der Waals surface area contributed by atoms with Crippen LogP contribution in [0.5, 0.6) is 0 Å². The maximum atomic E-state index is 11.4. The molecule has 5 nitrogen and oxygen atoms in total. The van der Waals surface area contributed by atoms with E-state index in [0.29, 0.717) is 26.2 Å². The summed E-state index contributed by atoms with van der Waals surface area (Å²) in [6.07, 6.45) is 3.08. The number of carbonyl (C=O) groups is 1. The standard InChI is InChI=1S/C12H21NO4/c1-13(7-10-3-2-5-17-10)8-12(11(14)15)4-6-16-9-12/h10H,2-9H2,1H3,(H,14,15). The third-order valence-corrected chi connectivity index (χ3v) is 3.67. The Labute approximate surface area is 102 Å². The van der Waals surface area contributed by atoms with Gasteiger partial charge in [0.1, 0.15) is 5.41 Å². The van der Waals surface area contributed by atoms with E-state index in [4.69, 9.17) is 9.47 Å². The summed E-state index contributed by atoms with van der Waals surface area (Å²) in [5, 5.41) is 9.34. The molecule has 0 aromatic rings. The molecular weight excluding hydrogens is 222 g/mol. The van der Waals surface area contributed by atoms with E-state index in [-0.39, 0.29) is 6.10 Å². The fraction of sp³-hybridized carbons (Fsp3) is 0.917. The molecular formula is C12H21NO4. The monoisotopic (exact) mass is 243 g/mol. The van der Waals surface area contributed by atoms with Crippen molar-refractivity contribution in [1.29, 1.82) is 0 Å². The third-order valence-electron chi connectivity index (χ3n) is 3.67. The molecule has 0 spiro atoms. The van der Waals surface area contributed by atoms with Crippen LogP contribution in [0.4, 0.5) is 0 Å². The first-order valence-corrected chi connectivity index (χ1v) is 6.24. The lowest BCUT2D eigenvalue weighted by Gasteiger charge is -2.29. The molecule has 2 heterocycles. The Morgan fingerprint density at radius 2 is 2.35 bits per heavy atom. The SMILES string of the molecule is CN(CC1CCCO1)CC1(C(=O)O)CCOC1. The summed E-state index contributed by atoms with van der Waals surface area (Å²) in [7, 11) is 1.96. The highest BCUT2D eigenvalue weighted by Crippen LogP contribution is 2.30. The van der Waals surface area contributed by atoms with Crippen LogP contribution in [0.25, 0.3) is 0 Å². The summed E-state index contributed by atoms with van der Waals surface area (Å²) in [5.74, 6) is -0.741. The van der Waals surface area contributed by atoms with Gasteiger partial charge in [-0.25, -0.2) is 0 Å². The van der Waals surface area contributed by atoms with E-state index in [1.165, 1.54) is 0 Å². The van der Waals surface area contributed by atoms with Crippen LogP contribution in [-0.4, -0.2) is 62.0 Å². The van der Waals surface area contributed by atoms with Crippen LogP contribution in [0.2, 0.25) is 0 Å². The summed E-state index contributed by atoms with van der Waals surface area (Å²) >= 11 is 0. The largest absolute Gasteiger partial charge is 0.481 e. The zero-order chi connectivity index (χ0) is 12.3. The van der Waals surface area contributed by atoms with Crippen LogP contribution in [0.1, 0.15) is 19.3 Å². The number of carboxylic acids is 1. The number of carboxylic acid groups (broad SMARTS) is 1. The van der Waals surface area contributed by atoms with Gasteiger partial charge in [-0.15, -0.1) is 0 Å². The first-order chi connectivity index (χ1) is 8.12. The van der Waals surface area contributed by atoms with Crippen molar-refractivity contribution >= 4 is 5.97 Å². The van der Waals surface area contributed by atoms with Gasteiger partial charge in [0.25, 0.3) is 0 Å². The van der Waals surface area contributed by atoms with Crippen molar-refractivity contribution in [2.24, 2.45) is 5.41 Å². The fourth-order valence-electron chi connectivity index (χ4n) is 2.69. The van der Waals surface area contributed by atoms with Gasteiger partial charge in [-0.2, -0.15) is 0 Å². The van der Waals surface area contributed by atoms with Crippen LogP contribution in [0.15, 0.2) is 0 Å². The van der Waals surface area contributed by atoms with E-state index < -0.39 is 11.4 Å². The molecule has 1 N–H and O–H groups in total. The zero-order valence-corrected chi connectivity index (χ0v) is 10.4. The first-order valence-electron chi connectivity index (χ1n) is 6.24. The smallest absolute Gasteiger partial charge is 0.313 e. The van der Waals surface area contributed by atoms with Gasteiger partial charge in [0, 0.05) is 26.3 Å². The highest BCUT2D eigenvalue weighted by molar-refractivity contribution is 5.75. The summed E-state index contributed by atoms with van der Waals surface area (Å²) < 4.78 is 10.8. The number of aliphatic carboxylic acids is 1. The second kappa shape index (κ2) is 5.33. The number of hydrogen-bond donors (Lipinski definition) is 1. The molecule has 17 heavy (non-hydrogen) atoms. The molecule has 0 aromatic heterocycles. The Morgan fingerprint density at radius 1 is 1.53 bits per heavy atom. The summed E-state index contributed by atoms with van der Waals surface area (Å²) in [5.41, 5.74) is -0.715. The average molecular weight is 243 g/mol. The molecule has 0 bridgehead atoms. The molecule has 0 radical (unpaired) electrons. The number of likely N-dealkylation sites (N-methyl/N-ethyl adjacent to an activating group) is 1. The van der Waals surface area contributed by atoms with Crippen molar-refractivity contribution < 1.29 is 19.4 Å². The summed E-state index contributed by atoms with van der Waals surface area (Å²) in [6, 6.07) is 0. The van der Waals surface area contributed by atoms with Crippen LogP contribution >= 0.6 is 0 Å². The third kappa shape index (κ3) is 2.97. The highest BCUT2D eigenvalue weighted by atomic mass is 16.5. The van der Waals surface area contributed by atoms with Crippen molar-refractivity contribution in [3.8, 4) is 0 Å². The van der Waals surface area contributed by atoms with Gasteiger partial charge in [0.05, 0.1) is 12.7 Å². The molecule has 0 aromatic carbocycles. The van der Waals surface area contributed by atoms with Gasteiger partial charge in [-0.1, -0.05) is 0 Å². The summed E-state index contributed by atoms with van der Waals surface area (Å²) in [6.45, 7) is 3.08. The molecule has 2 fully saturated rings. The van der Waals surface area contributed by atoms with Crippen LogP contribution < -0.4 is 0 Å². The van der Waals surface area contributed by atoms with E-state index in [1.807, 2.05) is 7.05 Å². The van der Waals surface area contributed by atoms with E-state index in [2.05, 4.69) is 4.90 Å². The Morgan fingerprint density at radius 3 is 2.88 bits per heavy atom. The molecule has 0 saturated carbocycles. The van der Waals surface area contributed by atoms with E-state index in [1.54, 1.807) is 0 Å². The fourth-order valence-corrected chi connectivity index (χ4v) is 2.69. The van der Waals surface area contributed by atoms with Gasteiger partial charge in [0.15, 0.2) is 0 Å². The number of ether oxygens (including phenoxy) is 2. The highest BCUT2D eigenvalue weighted by Gasteiger charge is 2.43. The van der Waals surface area contributed by atoms with Gasteiger partial charge < -0.3 is 19.5 Å². The normalized spacial score (nSPS) is 33.4. The zero-order valence-electron chi connectivity index (χ0n) is 10.4. The molecule has 5 heteroatoms. The lowest BCUT2D eigenvalue weighted by molar-refractivity contribution is -0.150. The molecule has 2 atom stereocenters. The van der Waals surface area contributed by atoms with Crippen molar-refractivity contribution in [2.45, 2.75) is 25.4 Å². The predicted octanol–water partition coefficient (Wildman–Crippen LogP) is 0.589. The van der Waals surface area contributed by atoms with Gasteiger partial charge in [-0.3, -0.25) is 4.79 Å². The predicted molar refractivity (Wildman–Crippen MR) is 62.0 cm³/mol. The Balaban J connectivity index is 1.86. The lowest BCUT2D eigenvalue weighted by atomic mass is 9.87. The minimum Gasteiger partial charge on any atom is -0.481 e. The topological polar surface area (TPSA) is 59.0 Å². The van der Waals surface area contributed by atoms with Crippen molar-refractivity contribution in [3.05, 3.63) is 0 Å². The van der Waals surface area contributed by atoms with E-state index >= 15 is 0 Å². The molecule has 2 rings (SSSR count). The van der Waals surface area contributed by atoms with Crippen LogP contribution in [0.3, 0.4) is 0 Å². The lowest BCUT2D eigenvalue weighted by Crippen LogP contribution is -2.44. The Hall–Kier alpha value is -0.650. The molecule has 98 valence electrons. The maximum Gasteiger partial charge on any atom is 0.313 e. The van der Waals surface area contributed by atoms with Crippen molar-refractivity contribution in [2.75, 3.05) is 40.0 Å².